The third-order valence-electron chi connectivity index (χ3n) is 3.89. The van der Waals surface area contributed by atoms with Crippen LogP contribution in [-0.2, 0) is 13.2 Å². The average Bonchev–Trinajstić information content (AvgIpc) is 3.19. The molecule has 0 atom stereocenters. The van der Waals surface area contributed by atoms with Crippen molar-refractivity contribution in [2.24, 2.45) is 0 Å². The molecule has 2 aromatic heterocycles. The molecule has 0 spiro atoms. The van der Waals surface area contributed by atoms with E-state index in [4.69, 9.17) is 12.2 Å². The largest absolute Gasteiger partial charge is 0.281 e. The molecule has 2 heterocycles. The number of rotatable bonds is 5. The van der Waals surface area contributed by atoms with Crippen molar-refractivity contribution in [1.29, 1.82) is 0 Å². The molecule has 2 aromatic carbocycles. The minimum Gasteiger partial charge on any atom is -0.281 e. The van der Waals surface area contributed by atoms with Crippen molar-refractivity contribution in [3.8, 4) is 5.69 Å². The molecule has 0 saturated carbocycles. The van der Waals surface area contributed by atoms with E-state index >= 15 is 0 Å². The van der Waals surface area contributed by atoms with Crippen molar-refractivity contribution >= 4 is 33.8 Å². The maximum absolute atomic E-state index is 5.57. The molecule has 0 unspecified atom stereocenters. The summed E-state index contributed by atoms with van der Waals surface area (Å²) in [5, 5.41) is 5.53. The molecule has 0 aliphatic carbocycles. The molecule has 4 rings (SSSR count). The molecule has 0 saturated heterocycles. The summed E-state index contributed by atoms with van der Waals surface area (Å²) >= 11 is 7.30. The van der Waals surface area contributed by atoms with Gasteiger partial charge in [-0.1, -0.05) is 30.3 Å². The van der Waals surface area contributed by atoms with Gasteiger partial charge in [0.05, 0.1) is 23.4 Å². The molecule has 126 valence electrons. The SMILES string of the molecule is CN(Cc1nc2ccccc2s1)Cn1ncn(-c2ccccc2)c1=S. The molecule has 0 fully saturated rings. The van der Waals surface area contributed by atoms with E-state index in [1.165, 1.54) is 4.70 Å². The van der Waals surface area contributed by atoms with Gasteiger partial charge in [-0.2, -0.15) is 5.10 Å². The van der Waals surface area contributed by atoms with Crippen LogP contribution in [0.3, 0.4) is 0 Å². The number of fused-ring (bicyclic) bond motifs is 1. The van der Waals surface area contributed by atoms with Crippen molar-refractivity contribution in [1.82, 2.24) is 24.2 Å². The number of benzene rings is 2. The summed E-state index contributed by atoms with van der Waals surface area (Å²) in [7, 11) is 2.05. The molecule has 25 heavy (non-hydrogen) atoms. The molecule has 0 aliphatic rings. The van der Waals surface area contributed by atoms with Crippen LogP contribution in [0.25, 0.3) is 15.9 Å². The summed E-state index contributed by atoms with van der Waals surface area (Å²) in [6, 6.07) is 18.2. The highest BCUT2D eigenvalue weighted by Crippen LogP contribution is 2.22. The molecule has 0 amide bonds. The summed E-state index contributed by atoms with van der Waals surface area (Å²) in [4.78, 5) is 6.85. The first-order valence-electron chi connectivity index (χ1n) is 7.93. The number of para-hydroxylation sites is 2. The lowest BCUT2D eigenvalue weighted by atomic mass is 10.3. The Hall–Kier alpha value is -2.35. The zero-order valence-corrected chi connectivity index (χ0v) is 15.4. The van der Waals surface area contributed by atoms with Crippen molar-refractivity contribution in [3.63, 3.8) is 0 Å². The Labute approximate surface area is 154 Å². The fraction of sp³-hybridized carbons (Fsp3) is 0.167. The smallest absolute Gasteiger partial charge is 0.203 e. The Morgan fingerprint density at radius 3 is 2.64 bits per heavy atom. The number of nitrogens with zero attached hydrogens (tertiary/aromatic N) is 5. The summed E-state index contributed by atoms with van der Waals surface area (Å²) in [6.45, 7) is 1.38. The van der Waals surface area contributed by atoms with Gasteiger partial charge in [0.15, 0.2) is 0 Å². The number of hydrogen-bond donors (Lipinski definition) is 0. The molecule has 0 aliphatic heterocycles. The van der Waals surface area contributed by atoms with Crippen molar-refractivity contribution in [2.45, 2.75) is 13.2 Å². The van der Waals surface area contributed by atoms with Crippen LogP contribution in [-0.4, -0.2) is 31.3 Å². The van der Waals surface area contributed by atoms with E-state index in [-0.39, 0.29) is 0 Å². The van der Waals surface area contributed by atoms with E-state index in [1.807, 2.05) is 57.8 Å². The molecule has 0 radical (unpaired) electrons. The summed E-state index contributed by atoms with van der Waals surface area (Å²) < 4.78 is 5.65. The zero-order chi connectivity index (χ0) is 17.2. The fourth-order valence-electron chi connectivity index (χ4n) is 2.70. The number of aromatic nitrogens is 4. The van der Waals surface area contributed by atoms with Crippen molar-refractivity contribution in [2.75, 3.05) is 7.05 Å². The molecule has 0 N–H and O–H groups in total. The van der Waals surface area contributed by atoms with Crippen molar-refractivity contribution in [3.05, 3.63) is 70.7 Å². The van der Waals surface area contributed by atoms with Gasteiger partial charge >= 0.3 is 0 Å². The average molecular weight is 368 g/mol. The van der Waals surface area contributed by atoms with Crippen LogP contribution >= 0.6 is 23.6 Å². The van der Waals surface area contributed by atoms with E-state index in [0.29, 0.717) is 11.4 Å². The second-order valence-electron chi connectivity index (χ2n) is 5.85. The third-order valence-corrected chi connectivity index (χ3v) is 5.32. The fourth-order valence-corrected chi connectivity index (χ4v) is 4.00. The van der Waals surface area contributed by atoms with Crippen LogP contribution in [0.5, 0.6) is 0 Å². The predicted molar refractivity (Wildman–Crippen MR) is 103 cm³/mol. The highest BCUT2D eigenvalue weighted by atomic mass is 32.1. The molecule has 4 aromatic rings. The van der Waals surface area contributed by atoms with Gasteiger partial charge in [-0.25, -0.2) is 9.67 Å². The standard InChI is InChI=1S/C18H17N5S2/c1-21(11-17-20-15-9-5-6-10-16(15)25-17)13-23-18(24)22(12-19-23)14-7-3-2-4-8-14/h2-10,12H,11,13H2,1H3. The monoisotopic (exact) mass is 367 g/mol. The van der Waals surface area contributed by atoms with Gasteiger partial charge in [0.1, 0.15) is 11.3 Å². The highest BCUT2D eigenvalue weighted by molar-refractivity contribution is 7.71. The Balaban J connectivity index is 1.50. The van der Waals surface area contributed by atoms with Crippen LogP contribution in [0.15, 0.2) is 60.9 Å². The second kappa shape index (κ2) is 6.87. The van der Waals surface area contributed by atoms with E-state index < -0.39 is 0 Å². The number of hydrogen-bond acceptors (Lipinski definition) is 5. The Morgan fingerprint density at radius 2 is 1.84 bits per heavy atom. The van der Waals surface area contributed by atoms with Gasteiger partial charge in [0.25, 0.3) is 0 Å². The first-order valence-corrected chi connectivity index (χ1v) is 9.16. The van der Waals surface area contributed by atoms with E-state index in [1.54, 1.807) is 17.7 Å². The molecule has 5 nitrogen and oxygen atoms in total. The molecule has 7 heteroatoms. The van der Waals surface area contributed by atoms with Crippen LogP contribution in [0, 0.1) is 4.77 Å². The third kappa shape index (κ3) is 3.39. The second-order valence-corrected chi connectivity index (χ2v) is 7.33. The lowest BCUT2D eigenvalue weighted by Gasteiger charge is -2.14. The maximum Gasteiger partial charge on any atom is 0.203 e. The minimum absolute atomic E-state index is 0.620. The van der Waals surface area contributed by atoms with Gasteiger partial charge in [0, 0.05) is 5.69 Å². The predicted octanol–water partition coefficient (Wildman–Crippen LogP) is 4.10. The highest BCUT2D eigenvalue weighted by Gasteiger charge is 2.09. The van der Waals surface area contributed by atoms with E-state index in [9.17, 15) is 0 Å². The van der Waals surface area contributed by atoms with E-state index in [0.717, 1.165) is 22.8 Å². The summed E-state index contributed by atoms with van der Waals surface area (Å²) in [6.07, 6.45) is 1.77. The lowest BCUT2D eigenvalue weighted by Crippen LogP contribution is -2.22. The van der Waals surface area contributed by atoms with Gasteiger partial charge in [-0.05, 0) is 43.5 Å². The number of thiazole rings is 1. The molecule has 0 bridgehead atoms. The normalized spacial score (nSPS) is 11.4. The van der Waals surface area contributed by atoms with Crippen LogP contribution < -0.4 is 0 Å². The van der Waals surface area contributed by atoms with Crippen LogP contribution in [0.1, 0.15) is 5.01 Å². The first kappa shape index (κ1) is 16.1. The molecular formula is C18H17N5S2. The quantitative estimate of drug-likeness (QED) is 0.498. The van der Waals surface area contributed by atoms with Gasteiger partial charge < -0.3 is 0 Å². The van der Waals surface area contributed by atoms with Crippen LogP contribution in [0.4, 0.5) is 0 Å². The topological polar surface area (TPSA) is 38.9 Å². The van der Waals surface area contributed by atoms with E-state index in [2.05, 4.69) is 28.1 Å². The Morgan fingerprint density at radius 1 is 1.08 bits per heavy atom. The maximum atomic E-state index is 5.57. The molecular weight excluding hydrogens is 350 g/mol. The van der Waals surface area contributed by atoms with Gasteiger partial charge in [-0.3, -0.25) is 9.47 Å². The first-order chi connectivity index (χ1) is 12.2. The Bertz CT molecular complexity index is 1010. The van der Waals surface area contributed by atoms with Crippen molar-refractivity contribution < 1.29 is 0 Å². The zero-order valence-electron chi connectivity index (χ0n) is 13.7. The van der Waals surface area contributed by atoms with Gasteiger partial charge in [-0.15, -0.1) is 11.3 Å². The lowest BCUT2D eigenvalue weighted by molar-refractivity contribution is 0.244. The van der Waals surface area contributed by atoms with Crippen LogP contribution in [0.2, 0.25) is 0 Å². The minimum atomic E-state index is 0.620. The summed E-state index contributed by atoms with van der Waals surface area (Å²) in [5.41, 5.74) is 2.08. The van der Waals surface area contributed by atoms with Gasteiger partial charge in [0.2, 0.25) is 4.77 Å². The summed E-state index contributed by atoms with van der Waals surface area (Å²) in [5.74, 6) is 0. The Kier molecular flexibility index (Phi) is 4.44.